The van der Waals surface area contributed by atoms with E-state index in [0.717, 1.165) is 0 Å². The van der Waals surface area contributed by atoms with Crippen LogP contribution in [-0.4, -0.2) is 61.3 Å². The van der Waals surface area contributed by atoms with Crippen LogP contribution in [0, 0.1) is 0 Å². The van der Waals surface area contributed by atoms with Crippen LogP contribution in [0.25, 0.3) is 0 Å². The molecule has 0 aliphatic carbocycles. The van der Waals surface area contributed by atoms with Crippen LogP contribution in [0.1, 0.15) is 6.92 Å². The van der Waals surface area contributed by atoms with Crippen molar-refractivity contribution in [1.29, 1.82) is 0 Å². The summed E-state index contributed by atoms with van der Waals surface area (Å²) >= 11 is 0. The molecular formula is C15H20O8. The van der Waals surface area contributed by atoms with Gasteiger partial charge < -0.3 is 33.9 Å². The summed E-state index contributed by atoms with van der Waals surface area (Å²) < 4.78 is 25.6. The van der Waals surface area contributed by atoms with Crippen LogP contribution < -0.4 is 9.47 Å². The maximum Gasteiger partial charge on any atom is 0.293 e. The summed E-state index contributed by atoms with van der Waals surface area (Å²) in [5, 5.41) is 19.0. The van der Waals surface area contributed by atoms with E-state index in [0.29, 0.717) is 11.5 Å². The molecule has 128 valence electrons. The van der Waals surface area contributed by atoms with E-state index in [9.17, 15) is 15.0 Å². The van der Waals surface area contributed by atoms with E-state index >= 15 is 0 Å². The molecule has 0 radical (unpaired) electrons. The van der Waals surface area contributed by atoms with Crippen molar-refractivity contribution in [3.63, 3.8) is 0 Å². The predicted octanol–water partition coefficient (Wildman–Crippen LogP) is 0.0595. The summed E-state index contributed by atoms with van der Waals surface area (Å²) in [7, 11) is 0. The molecule has 1 heterocycles. The molecule has 1 fully saturated rings. The fourth-order valence-corrected chi connectivity index (χ4v) is 1.94. The van der Waals surface area contributed by atoms with Crippen LogP contribution in [0.15, 0.2) is 24.3 Å². The second kappa shape index (κ2) is 8.11. The summed E-state index contributed by atoms with van der Waals surface area (Å²) in [6.07, 6.45) is -1.27. The van der Waals surface area contributed by atoms with Crippen LogP contribution >= 0.6 is 0 Å². The Balaban J connectivity index is 1.77. The van der Waals surface area contributed by atoms with Gasteiger partial charge in [-0.25, -0.2) is 0 Å². The molecule has 2 rings (SSSR count). The van der Waals surface area contributed by atoms with Crippen LogP contribution in [0.4, 0.5) is 0 Å². The maximum atomic E-state index is 10.0. The minimum Gasteiger partial charge on any atom is -0.491 e. The van der Waals surface area contributed by atoms with E-state index in [1.54, 1.807) is 24.3 Å². The largest absolute Gasteiger partial charge is 0.491 e. The summed E-state index contributed by atoms with van der Waals surface area (Å²) in [6.45, 7) is 2.00. The first-order chi connectivity index (χ1) is 11.0. The Kier molecular flexibility index (Phi) is 6.17. The topological polar surface area (TPSA) is 104 Å². The Morgan fingerprint density at radius 3 is 2.78 bits per heavy atom. The van der Waals surface area contributed by atoms with Gasteiger partial charge in [0.25, 0.3) is 12.4 Å². The van der Waals surface area contributed by atoms with Gasteiger partial charge in [0.2, 0.25) is 0 Å². The van der Waals surface area contributed by atoms with Crippen molar-refractivity contribution in [3.8, 4) is 11.5 Å². The van der Waals surface area contributed by atoms with Gasteiger partial charge in [-0.1, -0.05) is 6.07 Å². The highest BCUT2D eigenvalue weighted by Gasteiger charge is 2.35. The van der Waals surface area contributed by atoms with E-state index in [-0.39, 0.29) is 39.0 Å². The molecule has 2 N–H and O–H groups in total. The molecule has 0 bridgehead atoms. The zero-order valence-electron chi connectivity index (χ0n) is 12.7. The predicted molar refractivity (Wildman–Crippen MR) is 76.9 cm³/mol. The Morgan fingerprint density at radius 2 is 2.13 bits per heavy atom. The minimum atomic E-state index is -1.57. The zero-order chi connectivity index (χ0) is 16.7. The molecule has 1 saturated heterocycles. The van der Waals surface area contributed by atoms with Gasteiger partial charge in [0.15, 0.2) is 0 Å². The minimum absolute atomic E-state index is 0.0142. The molecule has 0 saturated carbocycles. The Morgan fingerprint density at radius 1 is 1.39 bits per heavy atom. The highest BCUT2D eigenvalue weighted by Crippen LogP contribution is 2.23. The van der Waals surface area contributed by atoms with Crippen molar-refractivity contribution in [3.05, 3.63) is 24.3 Å². The number of hydrogen-bond donors (Lipinski definition) is 2. The van der Waals surface area contributed by atoms with Crippen LogP contribution in [0.5, 0.6) is 11.5 Å². The number of rotatable bonds is 9. The SMILES string of the molecule is CC1(O)OCC(COc2cccc(OCC(O)COC=O)c2)O1. The average Bonchev–Trinajstić information content (AvgIpc) is 2.88. The lowest BCUT2D eigenvalue weighted by Gasteiger charge is -2.16. The number of aliphatic hydroxyl groups is 2. The molecule has 0 aromatic heterocycles. The van der Waals surface area contributed by atoms with Gasteiger partial charge in [-0.15, -0.1) is 0 Å². The highest BCUT2D eigenvalue weighted by atomic mass is 16.9. The van der Waals surface area contributed by atoms with Crippen molar-refractivity contribution in [2.75, 3.05) is 26.4 Å². The second-order valence-corrected chi connectivity index (χ2v) is 5.13. The zero-order valence-corrected chi connectivity index (χ0v) is 12.7. The molecule has 1 aliphatic heterocycles. The molecule has 0 amide bonds. The van der Waals surface area contributed by atoms with Crippen molar-refractivity contribution < 1.29 is 38.7 Å². The third-order valence-corrected chi connectivity index (χ3v) is 2.96. The summed E-state index contributed by atoms with van der Waals surface area (Å²) in [4.78, 5) is 10.0. The fourth-order valence-electron chi connectivity index (χ4n) is 1.94. The molecule has 23 heavy (non-hydrogen) atoms. The molecule has 0 spiro atoms. The smallest absolute Gasteiger partial charge is 0.293 e. The first kappa shape index (κ1) is 17.5. The molecule has 1 aliphatic rings. The summed E-state index contributed by atoms with van der Waals surface area (Å²) in [5.41, 5.74) is 0. The Bertz CT molecular complexity index is 504. The standard InChI is InChI=1S/C15H20O8/c1-15(18)22-9-14(23-15)8-21-13-4-2-3-12(5-13)20-7-11(17)6-19-10-16/h2-5,10-11,14,17-18H,6-9H2,1H3. The molecule has 8 heteroatoms. The van der Waals surface area contributed by atoms with Gasteiger partial charge in [-0.2, -0.15) is 0 Å². The van der Waals surface area contributed by atoms with Crippen molar-refractivity contribution in [1.82, 2.24) is 0 Å². The quantitative estimate of drug-likeness (QED) is 0.613. The van der Waals surface area contributed by atoms with Crippen molar-refractivity contribution >= 4 is 6.47 Å². The summed E-state index contributed by atoms with van der Waals surface area (Å²) in [5.74, 6) is -0.516. The molecule has 3 atom stereocenters. The first-order valence-corrected chi connectivity index (χ1v) is 7.11. The van der Waals surface area contributed by atoms with Gasteiger partial charge in [0.1, 0.15) is 43.5 Å². The van der Waals surface area contributed by atoms with Gasteiger partial charge in [0.05, 0.1) is 6.61 Å². The Labute approximate surface area is 133 Å². The van der Waals surface area contributed by atoms with Crippen LogP contribution in [0.2, 0.25) is 0 Å². The molecule has 8 nitrogen and oxygen atoms in total. The average molecular weight is 328 g/mol. The van der Waals surface area contributed by atoms with E-state index in [4.69, 9.17) is 18.9 Å². The third kappa shape index (κ3) is 6.03. The van der Waals surface area contributed by atoms with E-state index in [2.05, 4.69) is 4.74 Å². The molecule has 3 unspecified atom stereocenters. The number of hydrogen-bond acceptors (Lipinski definition) is 8. The maximum absolute atomic E-state index is 10.0. The molecule has 1 aromatic rings. The molecular weight excluding hydrogens is 308 g/mol. The number of benzene rings is 1. The number of carbonyl (C=O) groups is 1. The number of carbonyl (C=O) groups excluding carboxylic acids is 1. The normalized spacial score (nSPS) is 24.9. The van der Waals surface area contributed by atoms with Gasteiger partial charge >= 0.3 is 0 Å². The third-order valence-electron chi connectivity index (χ3n) is 2.96. The number of aliphatic hydroxyl groups excluding tert-OH is 1. The van der Waals surface area contributed by atoms with Gasteiger partial charge in [-0.05, 0) is 12.1 Å². The second-order valence-electron chi connectivity index (χ2n) is 5.13. The number of ether oxygens (including phenoxy) is 5. The lowest BCUT2D eigenvalue weighted by molar-refractivity contribution is -0.299. The fraction of sp³-hybridized carbons (Fsp3) is 0.533. The van der Waals surface area contributed by atoms with E-state index in [1.165, 1.54) is 6.92 Å². The van der Waals surface area contributed by atoms with Crippen LogP contribution in [-0.2, 0) is 19.0 Å². The lowest BCUT2D eigenvalue weighted by atomic mass is 10.3. The Hall–Kier alpha value is -1.87. The van der Waals surface area contributed by atoms with Gasteiger partial charge in [-0.3, -0.25) is 4.79 Å². The first-order valence-electron chi connectivity index (χ1n) is 7.11. The monoisotopic (exact) mass is 328 g/mol. The van der Waals surface area contributed by atoms with Crippen LogP contribution in [0.3, 0.4) is 0 Å². The summed E-state index contributed by atoms with van der Waals surface area (Å²) in [6, 6.07) is 6.84. The van der Waals surface area contributed by atoms with Crippen molar-refractivity contribution in [2.45, 2.75) is 25.1 Å². The van der Waals surface area contributed by atoms with E-state index in [1.807, 2.05) is 0 Å². The molecule has 1 aromatic carbocycles. The van der Waals surface area contributed by atoms with E-state index < -0.39 is 12.1 Å². The van der Waals surface area contributed by atoms with Gasteiger partial charge in [0, 0.05) is 13.0 Å². The lowest BCUT2D eigenvalue weighted by Crippen LogP contribution is -2.27. The van der Waals surface area contributed by atoms with Crippen molar-refractivity contribution in [2.24, 2.45) is 0 Å². The highest BCUT2D eigenvalue weighted by molar-refractivity contribution is 5.37.